The second kappa shape index (κ2) is 6.80. The highest BCUT2D eigenvalue weighted by Gasteiger charge is 2.40. The van der Waals surface area contributed by atoms with Crippen LogP contribution >= 0.6 is 0 Å². The molecule has 3 aromatic rings. The predicted octanol–water partition coefficient (Wildman–Crippen LogP) is 4.02. The number of rotatable bonds is 4. The van der Waals surface area contributed by atoms with E-state index in [1.54, 1.807) is 37.4 Å². The maximum atomic E-state index is 12.8. The number of carbonyl (C=O) groups is 1. The van der Waals surface area contributed by atoms with E-state index in [2.05, 4.69) is 0 Å². The number of sulfonamides is 1. The van der Waals surface area contributed by atoms with Crippen LogP contribution in [0.4, 0.5) is 0 Å². The van der Waals surface area contributed by atoms with Crippen LogP contribution in [-0.4, -0.2) is 25.7 Å². The number of amides is 1. The molecule has 0 spiro atoms. The van der Waals surface area contributed by atoms with Crippen LogP contribution in [0.1, 0.15) is 21.5 Å². The van der Waals surface area contributed by atoms with Gasteiger partial charge < -0.3 is 4.74 Å². The quantitative estimate of drug-likeness (QED) is 0.672. The minimum Gasteiger partial charge on any atom is -0.496 e. The molecule has 0 unspecified atom stereocenters. The zero-order valence-electron chi connectivity index (χ0n) is 15.5. The van der Waals surface area contributed by atoms with Gasteiger partial charge >= 0.3 is 0 Å². The zero-order valence-corrected chi connectivity index (χ0v) is 16.4. The van der Waals surface area contributed by atoms with Gasteiger partial charge in [-0.3, -0.25) is 4.79 Å². The molecule has 0 aromatic heterocycles. The normalized spacial score (nSPS) is 14.8. The number of fused-ring (bicyclic) bond motifs is 1. The summed E-state index contributed by atoms with van der Waals surface area (Å²) >= 11 is 0. The van der Waals surface area contributed by atoms with Gasteiger partial charge in [-0.15, -0.1) is 0 Å². The molecular formula is C22H19NO4S. The highest BCUT2D eigenvalue weighted by Crippen LogP contribution is 2.34. The number of methoxy groups -OCH3 is 1. The van der Waals surface area contributed by atoms with E-state index in [0.29, 0.717) is 11.3 Å². The third-order valence-electron chi connectivity index (χ3n) is 4.83. The van der Waals surface area contributed by atoms with Crippen molar-refractivity contribution in [1.82, 2.24) is 4.31 Å². The summed E-state index contributed by atoms with van der Waals surface area (Å²) in [6, 6.07) is 19.7. The maximum Gasteiger partial charge on any atom is 0.269 e. The topological polar surface area (TPSA) is 63.7 Å². The largest absolute Gasteiger partial charge is 0.496 e. The molecule has 0 atom stereocenters. The van der Waals surface area contributed by atoms with Crippen LogP contribution < -0.4 is 4.74 Å². The number of benzene rings is 3. The number of hydrogen-bond donors (Lipinski definition) is 0. The molecule has 0 bridgehead atoms. The van der Waals surface area contributed by atoms with Crippen LogP contribution in [-0.2, 0) is 16.6 Å². The van der Waals surface area contributed by atoms with Crippen LogP contribution in [0, 0.1) is 6.92 Å². The Morgan fingerprint density at radius 1 is 0.929 bits per heavy atom. The second-order valence-corrected chi connectivity index (χ2v) is 8.55. The van der Waals surface area contributed by atoms with Crippen molar-refractivity contribution >= 4 is 15.9 Å². The van der Waals surface area contributed by atoms with Gasteiger partial charge in [-0.05, 0) is 42.3 Å². The average Bonchev–Trinajstić information content (AvgIpc) is 2.89. The minimum atomic E-state index is -3.84. The summed E-state index contributed by atoms with van der Waals surface area (Å²) in [5.74, 6) is 0.191. The number of nitrogens with zero attached hydrogens (tertiary/aromatic N) is 1. The summed E-state index contributed by atoms with van der Waals surface area (Å²) in [5, 5.41) is 0. The molecule has 1 heterocycles. The van der Waals surface area contributed by atoms with Gasteiger partial charge in [-0.2, -0.15) is 0 Å². The summed E-state index contributed by atoms with van der Waals surface area (Å²) in [6.45, 7) is 1.98. The van der Waals surface area contributed by atoms with Gasteiger partial charge in [0.1, 0.15) is 10.6 Å². The Morgan fingerprint density at radius 2 is 1.71 bits per heavy atom. The first-order valence-electron chi connectivity index (χ1n) is 8.82. The summed E-state index contributed by atoms with van der Waals surface area (Å²) in [4.78, 5) is 12.7. The molecule has 4 rings (SSSR count). The Labute approximate surface area is 164 Å². The van der Waals surface area contributed by atoms with Gasteiger partial charge in [-0.1, -0.05) is 48.0 Å². The van der Waals surface area contributed by atoms with Crippen molar-refractivity contribution in [1.29, 1.82) is 0 Å². The highest BCUT2D eigenvalue weighted by atomic mass is 32.2. The molecule has 0 N–H and O–H groups in total. The van der Waals surface area contributed by atoms with Crippen molar-refractivity contribution in [3.63, 3.8) is 0 Å². The Morgan fingerprint density at radius 3 is 2.43 bits per heavy atom. The number of hydrogen-bond acceptors (Lipinski definition) is 4. The molecule has 0 saturated heterocycles. The lowest BCUT2D eigenvalue weighted by Crippen LogP contribution is -2.29. The maximum absolute atomic E-state index is 12.8. The monoisotopic (exact) mass is 393 g/mol. The molecule has 0 aliphatic carbocycles. The molecule has 142 valence electrons. The lowest BCUT2D eigenvalue weighted by molar-refractivity contribution is 0.0865. The van der Waals surface area contributed by atoms with Gasteiger partial charge in [0, 0.05) is 5.56 Å². The van der Waals surface area contributed by atoms with Crippen molar-refractivity contribution < 1.29 is 17.9 Å². The van der Waals surface area contributed by atoms with Gasteiger partial charge in [-0.25, -0.2) is 12.7 Å². The third-order valence-corrected chi connectivity index (χ3v) is 6.62. The molecule has 6 heteroatoms. The van der Waals surface area contributed by atoms with E-state index in [-0.39, 0.29) is 17.0 Å². The summed E-state index contributed by atoms with van der Waals surface area (Å²) < 4.78 is 32.0. The molecular weight excluding hydrogens is 374 g/mol. The highest BCUT2D eigenvalue weighted by molar-refractivity contribution is 7.90. The van der Waals surface area contributed by atoms with E-state index in [1.165, 1.54) is 6.07 Å². The van der Waals surface area contributed by atoms with Crippen LogP contribution in [0.5, 0.6) is 5.75 Å². The first-order valence-corrected chi connectivity index (χ1v) is 10.3. The molecule has 1 aliphatic heterocycles. The predicted molar refractivity (Wildman–Crippen MR) is 107 cm³/mol. The Bertz CT molecular complexity index is 1180. The standard InChI is InChI=1S/C22H19NO4S/c1-15-6-5-7-17(12-15)19-13-16(10-11-20(19)27-2)14-23-22(24)18-8-3-4-9-21(18)28(23,25)26/h3-13H,14H2,1-2H3. The molecule has 5 nitrogen and oxygen atoms in total. The van der Waals surface area contributed by atoms with Gasteiger partial charge in [0.15, 0.2) is 0 Å². The van der Waals surface area contributed by atoms with Crippen molar-refractivity contribution in [2.45, 2.75) is 18.4 Å². The Hall–Kier alpha value is -3.12. The fraction of sp³-hybridized carbons (Fsp3) is 0.136. The first kappa shape index (κ1) is 18.3. The smallest absolute Gasteiger partial charge is 0.269 e. The van der Waals surface area contributed by atoms with Gasteiger partial charge in [0.25, 0.3) is 15.9 Å². The molecule has 28 heavy (non-hydrogen) atoms. The summed E-state index contributed by atoms with van der Waals surface area (Å²) in [6.07, 6.45) is 0. The van der Waals surface area contributed by atoms with Crippen LogP contribution in [0.25, 0.3) is 11.1 Å². The van der Waals surface area contributed by atoms with Crippen LogP contribution in [0.15, 0.2) is 71.6 Å². The van der Waals surface area contributed by atoms with E-state index in [1.807, 2.05) is 37.3 Å². The molecule has 1 aliphatic rings. The molecule has 1 amide bonds. The van der Waals surface area contributed by atoms with E-state index in [9.17, 15) is 13.2 Å². The van der Waals surface area contributed by atoms with Gasteiger partial charge in [0.2, 0.25) is 0 Å². The third kappa shape index (κ3) is 2.96. The molecule has 0 radical (unpaired) electrons. The minimum absolute atomic E-state index is 0.0291. The van der Waals surface area contributed by atoms with Crippen LogP contribution in [0.3, 0.4) is 0 Å². The zero-order chi connectivity index (χ0) is 19.9. The molecule has 3 aromatic carbocycles. The Balaban J connectivity index is 1.74. The fourth-order valence-electron chi connectivity index (χ4n) is 3.44. The Kier molecular flexibility index (Phi) is 4.43. The van der Waals surface area contributed by atoms with Crippen LogP contribution in [0.2, 0.25) is 0 Å². The fourth-order valence-corrected chi connectivity index (χ4v) is 5.00. The SMILES string of the molecule is COc1ccc(CN2C(=O)c3ccccc3S2(=O)=O)cc1-c1cccc(C)c1. The van der Waals surface area contributed by atoms with Crippen molar-refractivity contribution in [3.05, 3.63) is 83.4 Å². The number of ether oxygens (including phenoxy) is 1. The van der Waals surface area contributed by atoms with E-state index < -0.39 is 15.9 Å². The lowest BCUT2D eigenvalue weighted by atomic mass is 10.00. The molecule has 0 fully saturated rings. The van der Waals surface area contributed by atoms with Crippen molar-refractivity contribution in [2.24, 2.45) is 0 Å². The average molecular weight is 393 g/mol. The molecule has 0 saturated carbocycles. The summed E-state index contributed by atoms with van der Waals surface area (Å²) in [7, 11) is -2.24. The van der Waals surface area contributed by atoms with Crippen molar-refractivity contribution in [2.75, 3.05) is 7.11 Å². The van der Waals surface area contributed by atoms with Gasteiger partial charge in [0.05, 0.1) is 19.2 Å². The first-order chi connectivity index (χ1) is 13.4. The van der Waals surface area contributed by atoms with Crippen molar-refractivity contribution in [3.8, 4) is 16.9 Å². The van der Waals surface area contributed by atoms with E-state index >= 15 is 0 Å². The van der Waals surface area contributed by atoms with E-state index in [4.69, 9.17) is 4.74 Å². The van der Waals surface area contributed by atoms with E-state index in [0.717, 1.165) is 21.0 Å². The second-order valence-electron chi connectivity index (χ2n) is 6.72. The lowest BCUT2D eigenvalue weighted by Gasteiger charge is -2.17. The number of aryl methyl sites for hydroxylation is 1. The summed E-state index contributed by atoms with van der Waals surface area (Å²) in [5.41, 5.74) is 3.86. The number of carbonyl (C=O) groups excluding carboxylic acids is 1.